The summed E-state index contributed by atoms with van der Waals surface area (Å²) in [5.74, 6) is 0.529. The molecule has 0 aliphatic carbocycles. The first kappa shape index (κ1) is 15.7. The van der Waals surface area contributed by atoms with Crippen LogP contribution in [-0.4, -0.2) is 53.7 Å². The Balaban J connectivity index is 1.98. The normalized spacial score (nSPS) is 21.7. The molecule has 0 radical (unpaired) electrons. The van der Waals surface area contributed by atoms with Crippen LogP contribution >= 0.6 is 0 Å². The van der Waals surface area contributed by atoms with Crippen LogP contribution in [0.1, 0.15) is 12.0 Å². The maximum Gasteiger partial charge on any atom is 0.234 e. The minimum atomic E-state index is -0.507. The highest BCUT2D eigenvalue weighted by Gasteiger charge is 2.34. The molecule has 122 valence electrons. The summed E-state index contributed by atoms with van der Waals surface area (Å²) >= 11 is 0. The Morgan fingerprint density at radius 2 is 2.09 bits per heavy atom. The largest absolute Gasteiger partial charge is 0.392 e. The summed E-state index contributed by atoms with van der Waals surface area (Å²) in [6, 6.07) is 7.68. The molecule has 2 aromatic rings. The molecule has 0 bridgehead atoms. The van der Waals surface area contributed by atoms with Crippen molar-refractivity contribution in [2.24, 2.45) is 5.73 Å². The number of pyridine rings is 1. The quantitative estimate of drug-likeness (QED) is 0.869. The number of β-amino-alcohol motifs (C(OH)–C–C–N with tert-alkyl or cyclic N) is 1. The highest BCUT2D eigenvalue weighted by Crippen LogP contribution is 2.28. The van der Waals surface area contributed by atoms with E-state index in [1.807, 2.05) is 48.3 Å². The number of nitrogens with two attached hydrogens (primary N) is 1. The fourth-order valence-corrected chi connectivity index (χ4v) is 3.29. The van der Waals surface area contributed by atoms with Crippen LogP contribution in [0.5, 0.6) is 0 Å². The predicted octanol–water partition coefficient (Wildman–Crippen LogP) is 0.721. The summed E-state index contributed by atoms with van der Waals surface area (Å²) < 4.78 is 0. The van der Waals surface area contributed by atoms with Gasteiger partial charge in [0.25, 0.3) is 0 Å². The molecule has 6 nitrogen and oxygen atoms in total. The first-order valence-corrected chi connectivity index (χ1v) is 7.72. The van der Waals surface area contributed by atoms with E-state index >= 15 is 0 Å². The molecule has 3 N–H and O–H groups in total. The average Bonchev–Trinajstić information content (AvgIpc) is 2.88. The summed E-state index contributed by atoms with van der Waals surface area (Å²) in [6.45, 7) is 1.00. The topological polar surface area (TPSA) is 82.7 Å². The number of benzene rings is 1. The zero-order valence-corrected chi connectivity index (χ0v) is 13.4. The number of anilines is 1. The van der Waals surface area contributed by atoms with Crippen LogP contribution in [0.4, 0.5) is 5.82 Å². The van der Waals surface area contributed by atoms with Crippen LogP contribution < -0.4 is 10.6 Å². The summed E-state index contributed by atoms with van der Waals surface area (Å²) in [4.78, 5) is 20.1. The van der Waals surface area contributed by atoms with Gasteiger partial charge in [0.1, 0.15) is 5.82 Å². The third kappa shape index (κ3) is 3.00. The number of nitrogens with zero attached hydrogens (tertiary/aromatic N) is 3. The Bertz CT molecular complexity index is 732. The minimum absolute atomic E-state index is 0.385. The van der Waals surface area contributed by atoms with E-state index < -0.39 is 12.1 Å². The van der Waals surface area contributed by atoms with Crippen LogP contribution in [0.15, 0.2) is 30.5 Å². The lowest BCUT2D eigenvalue weighted by Crippen LogP contribution is -2.39. The Morgan fingerprint density at radius 1 is 1.39 bits per heavy atom. The number of likely N-dealkylation sites (tertiary alicyclic amines) is 1. The molecule has 1 aromatic carbocycles. The van der Waals surface area contributed by atoms with Gasteiger partial charge in [-0.2, -0.15) is 0 Å². The van der Waals surface area contributed by atoms with Gasteiger partial charge in [0.15, 0.2) is 0 Å². The van der Waals surface area contributed by atoms with Gasteiger partial charge in [0.05, 0.1) is 12.1 Å². The third-order valence-corrected chi connectivity index (χ3v) is 4.36. The van der Waals surface area contributed by atoms with E-state index in [1.165, 1.54) is 0 Å². The Morgan fingerprint density at radius 3 is 2.74 bits per heavy atom. The van der Waals surface area contributed by atoms with Gasteiger partial charge in [-0.05, 0) is 17.4 Å². The second kappa shape index (κ2) is 6.14. The molecule has 6 heteroatoms. The summed E-state index contributed by atoms with van der Waals surface area (Å²) in [6.07, 6.45) is 1.74. The van der Waals surface area contributed by atoms with Crippen LogP contribution in [0.2, 0.25) is 0 Å². The number of aliphatic hydroxyl groups is 1. The predicted molar refractivity (Wildman–Crippen MR) is 90.1 cm³/mol. The number of carbonyl (C=O) groups excluding carboxylic acids is 1. The van der Waals surface area contributed by atoms with Crippen LogP contribution in [0.3, 0.4) is 0 Å². The molecule has 3 rings (SSSR count). The van der Waals surface area contributed by atoms with Crippen molar-refractivity contribution in [2.45, 2.75) is 25.1 Å². The fraction of sp³-hybridized carbons (Fsp3) is 0.412. The van der Waals surface area contributed by atoms with Crippen LogP contribution in [-0.2, 0) is 11.3 Å². The minimum Gasteiger partial charge on any atom is -0.392 e. The first-order chi connectivity index (χ1) is 11.0. The fourth-order valence-electron chi connectivity index (χ4n) is 3.29. The van der Waals surface area contributed by atoms with Crippen LogP contribution in [0, 0.1) is 0 Å². The molecule has 0 unspecified atom stereocenters. The smallest absolute Gasteiger partial charge is 0.234 e. The molecular weight excluding hydrogens is 292 g/mol. The standard InChI is InChI=1S/C17H22N4O2/c1-20(2)17-14-6-4-3-5-13(14)11(8-19-17)9-21-10-12(22)7-15(21)16(18)23/h3-6,8,12,15,22H,7,9-10H2,1-2H3,(H2,18,23)/t12-,15+/m1/s1. The second-order valence-corrected chi connectivity index (χ2v) is 6.28. The lowest BCUT2D eigenvalue weighted by atomic mass is 10.1. The van der Waals surface area contributed by atoms with Crippen molar-refractivity contribution < 1.29 is 9.90 Å². The maximum absolute atomic E-state index is 11.6. The van der Waals surface area contributed by atoms with Gasteiger partial charge in [-0.1, -0.05) is 24.3 Å². The number of carbonyl (C=O) groups is 1. The van der Waals surface area contributed by atoms with Gasteiger partial charge in [-0.25, -0.2) is 4.98 Å². The molecule has 0 spiro atoms. The van der Waals surface area contributed by atoms with Crippen molar-refractivity contribution in [1.82, 2.24) is 9.88 Å². The van der Waals surface area contributed by atoms with Crippen molar-refractivity contribution >= 4 is 22.5 Å². The number of hydrogen-bond acceptors (Lipinski definition) is 5. The number of amides is 1. The molecule has 1 amide bonds. The van der Waals surface area contributed by atoms with Gasteiger partial charge < -0.3 is 15.7 Å². The number of aliphatic hydroxyl groups excluding tert-OH is 1. The molecule has 2 heterocycles. The SMILES string of the molecule is CN(C)c1ncc(CN2C[C@H](O)C[C@H]2C(N)=O)c2ccccc12. The molecule has 2 atom stereocenters. The number of hydrogen-bond donors (Lipinski definition) is 2. The van der Waals surface area contributed by atoms with E-state index in [4.69, 9.17) is 5.73 Å². The zero-order chi connectivity index (χ0) is 16.6. The van der Waals surface area contributed by atoms with Gasteiger partial charge in [-0.15, -0.1) is 0 Å². The van der Waals surface area contributed by atoms with Crippen molar-refractivity contribution in [3.8, 4) is 0 Å². The van der Waals surface area contributed by atoms with Gasteiger partial charge in [0.2, 0.25) is 5.91 Å². The number of fused-ring (bicyclic) bond motifs is 1. The van der Waals surface area contributed by atoms with E-state index in [1.54, 1.807) is 0 Å². The Kier molecular flexibility index (Phi) is 4.19. The molecule has 1 aliphatic rings. The maximum atomic E-state index is 11.6. The zero-order valence-electron chi connectivity index (χ0n) is 13.4. The molecule has 1 aromatic heterocycles. The van der Waals surface area contributed by atoms with E-state index in [2.05, 4.69) is 11.1 Å². The third-order valence-electron chi connectivity index (χ3n) is 4.36. The number of aromatic nitrogens is 1. The summed E-state index contributed by atoms with van der Waals surface area (Å²) in [5, 5.41) is 12.0. The van der Waals surface area contributed by atoms with Crippen molar-refractivity contribution in [3.05, 3.63) is 36.0 Å². The second-order valence-electron chi connectivity index (χ2n) is 6.28. The van der Waals surface area contributed by atoms with Gasteiger partial charge >= 0.3 is 0 Å². The molecule has 1 saturated heterocycles. The Hall–Kier alpha value is -2.18. The van der Waals surface area contributed by atoms with Crippen molar-refractivity contribution in [1.29, 1.82) is 0 Å². The molecule has 0 saturated carbocycles. The number of rotatable bonds is 4. The lowest BCUT2D eigenvalue weighted by Gasteiger charge is -2.23. The van der Waals surface area contributed by atoms with Gasteiger partial charge in [0, 0.05) is 38.8 Å². The van der Waals surface area contributed by atoms with E-state index in [9.17, 15) is 9.90 Å². The summed E-state index contributed by atoms with van der Waals surface area (Å²) in [5.41, 5.74) is 6.50. The lowest BCUT2D eigenvalue weighted by molar-refractivity contribution is -0.122. The van der Waals surface area contributed by atoms with Crippen molar-refractivity contribution in [3.63, 3.8) is 0 Å². The van der Waals surface area contributed by atoms with E-state index in [-0.39, 0.29) is 5.91 Å². The molecule has 1 fully saturated rings. The van der Waals surface area contributed by atoms with E-state index in [0.29, 0.717) is 19.5 Å². The van der Waals surface area contributed by atoms with Crippen LogP contribution in [0.25, 0.3) is 10.8 Å². The van der Waals surface area contributed by atoms with Gasteiger partial charge in [-0.3, -0.25) is 9.69 Å². The molecular formula is C17H22N4O2. The monoisotopic (exact) mass is 314 g/mol. The molecule has 1 aliphatic heterocycles. The summed E-state index contributed by atoms with van der Waals surface area (Å²) in [7, 11) is 3.93. The average molecular weight is 314 g/mol. The number of primary amides is 1. The highest BCUT2D eigenvalue weighted by molar-refractivity contribution is 5.94. The Labute approximate surface area is 135 Å². The molecule has 23 heavy (non-hydrogen) atoms. The highest BCUT2D eigenvalue weighted by atomic mass is 16.3. The first-order valence-electron chi connectivity index (χ1n) is 7.72. The van der Waals surface area contributed by atoms with Crippen molar-refractivity contribution in [2.75, 3.05) is 25.5 Å². The van der Waals surface area contributed by atoms with E-state index in [0.717, 1.165) is 22.2 Å².